The average Bonchev–Trinajstić information content (AvgIpc) is 3.13. The Balaban J connectivity index is 1.29. The van der Waals surface area contributed by atoms with Gasteiger partial charge in [-0.05, 0) is 28.8 Å². The molecular weight excluding hydrogens is 448 g/mol. The van der Waals surface area contributed by atoms with Crippen LogP contribution in [-0.2, 0) is 16.9 Å². The third kappa shape index (κ3) is 4.32. The van der Waals surface area contributed by atoms with E-state index in [1.54, 1.807) is 0 Å². The second-order valence-corrected chi connectivity index (χ2v) is 9.24. The summed E-state index contributed by atoms with van der Waals surface area (Å²) < 4.78 is 0. The van der Waals surface area contributed by atoms with Crippen LogP contribution in [0.25, 0.3) is 0 Å². The Bertz CT molecular complexity index is 1110. The fourth-order valence-corrected chi connectivity index (χ4v) is 4.90. The zero-order chi connectivity index (χ0) is 23.5. The van der Waals surface area contributed by atoms with Gasteiger partial charge in [0.2, 0.25) is 0 Å². The molecule has 2 saturated heterocycles. The van der Waals surface area contributed by atoms with Gasteiger partial charge in [-0.2, -0.15) is 0 Å². The van der Waals surface area contributed by atoms with E-state index in [1.807, 2.05) is 72.8 Å². The van der Waals surface area contributed by atoms with Crippen LogP contribution < -0.4 is 5.32 Å². The Morgan fingerprint density at radius 2 is 1.26 bits per heavy atom. The van der Waals surface area contributed by atoms with Gasteiger partial charge in [0.05, 0.1) is 6.67 Å². The van der Waals surface area contributed by atoms with Gasteiger partial charge in [-0.15, -0.1) is 0 Å². The second kappa shape index (κ2) is 9.58. The molecule has 0 aliphatic carbocycles. The third-order valence-electron chi connectivity index (χ3n) is 6.64. The molecule has 3 aromatic carbocycles. The topological polar surface area (TPSA) is 55.9 Å². The van der Waals surface area contributed by atoms with Crippen LogP contribution in [-0.4, -0.2) is 59.5 Å². The van der Waals surface area contributed by atoms with Gasteiger partial charge in [0.15, 0.2) is 5.54 Å². The number of benzene rings is 3. The Kier molecular flexibility index (Phi) is 6.37. The number of carbonyl (C=O) groups excluding carboxylic acids is 2. The number of piperazine rings is 1. The molecule has 0 aromatic heterocycles. The van der Waals surface area contributed by atoms with Crippen molar-refractivity contribution in [1.82, 2.24) is 20.0 Å². The molecule has 3 aromatic rings. The van der Waals surface area contributed by atoms with E-state index in [0.29, 0.717) is 0 Å². The van der Waals surface area contributed by atoms with Crippen LogP contribution >= 0.6 is 11.6 Å². The number of hydrogen-bond acceptors (Lipinski definition) is 4. The summed E-state index contributed by atoms with van der Waals surface area (Å²) in [7, 11) is 0. The van der Waals surface area contributed by atoms with Crippen molar-refractivity contribution in [3.63, 3.8) is 0 Å². The smallest absolute Gasteiger partial charge is 0.315 e. The Labute approximate surface area is 204 Å². The Morgan fingerprint density at radius 1 is 0.735 bits per heavy atom. The largest absolute Gasteiger partial charge is 0.326 e. The maximum atomic E-state index is 13.8. The van der Waals surface area contributed by atoms with Crippen molar-refractivity contribution in [1.29, 1.82) is 0 Å². The van der Waals surface area contributed by atoms with Gasteiger partial charge in [-0.1, -0.05) is 84.4 Å². The molecule has 2 aliphatic rings. The fraction of sp³-hybridized carbons (Fsp3) is 0.259. The molecule has 5 rings (SSSR count). The molecule has 1 N–H and O–H groups in total. The highest BCUT2D eigenvalue weighted by Crippen LogP contribution is 2.36. The summed E-state index contributed by atoms with van der Waals surface area (Å²) in [6.45, 7) is 4.45. The lowest BCUT2D eigenvalue weighted by Crippen LogP contribution is -2.51. The van der Waals surface area contributed by atoms with E-state index in [-0.39, 0.29) is 18.6 Å². The first-order valence-corrected chi connectivity index (χ1v) is 11.9. The molecule has 6 nitrogen and oxygen atoms in total. The maximum absolute atomic E-state index is 13.8. The van der Waals surface area contributed by atoms with Crippen molar-refractivity contribution in [3.8, 4) is 0 Å². The predicted octanol–water partition coefficient (Wildman–Crippen LogP) is 3.91. The Morgan fingerprint density at radius 3 is 1.82 bits per heavy atom. The minimum Gasteiger partial charge on any atom is -0.315 e. The molecule has 0 atom stereocenters. The molecule has 174 valence electrons. The van der Waals surface area contributed by atoms with Crippen molar-refractivity contribution < 1.29 is 9.59 Å². The number of carbonyl (C=O) groups is 2. The first-order chi connectivity index (χ1) is 16.6. The molecule has 0 saturated carbocycles. The molecule has 0 unspecified atom stereocenters. The minimum absolute atomic E-state index is 0.238. The van der Waals surface area contributed by atoms with Crippen LogP contribution in [0.1, 0.15) is 16.7 Å². The molecule has 2 aliphatic heterocycles. The van der Waals surface area contributed by atoms with E-state index in [2.05, 4.69) is 27.2 Å². The molecule has 3 amide bonds. The van der Waals surface area contributed by atoms with Gasteiger partial charge in [-0.25, -0.2) is 9.69 Å². The van der Waals surface area contributed by atoms with E-state index in [9.17, 15) is 9.59 Å². The summed E-state index contributed by atoms with van der Waals surface area (Å²) in [5, 5.41) is 3.76. The third-order valence-corrected chi connectivity index (χ3v) is 6.90. The fourth-order valence-electron chi connectivity index (χ4n) is 4.78. The zero-order valence-corrected chi connectivity index (χ0v) is 19.6. The summed E-state index contributed by atoms with van der Waals surface area (Å²) in [4.78, 5) is 32.8. The van der Waals surface area contributed by atoms with Gasteiger partial charge < -0.3 is 5.32 Å². The van der Waals surface area contributed by atoms with E-state index in [1.165, 1.54) is 10.5 Å². The predicted molar refractivity (Wildman–Crippen MR) is 132 cm³/mol. The van der Waals surface area contributed by atoms with Crippen LogP contribution in [0, 0.1) is 0 Å². The highest BCUT2D eigenvalue weighted by molar-refractivity contribution is 6.30. The molecule has 0 radical (unpaired) electrons. The quantitative estimate of drug-likeness (QED) is 0.550. The molecule has 0 spiro atoms. The van der Waals surface area contributed by atoms with Crippen LogP contribution in [0.5, 0.6) is 0 Å². The number of nitrogens with zero attached hydrogens (tertiary/aromatic N) is 3. The van der Waals surface area contributed by atoms with Crippen molar-refractivity contribution in [2.24, 2.45) is 0 Å². The lowest BCUT2D eigenvalue weighted by Gasteiger charge is -2.36. The number of hydrogen-bond donors (Lipinski definition) is 1. The van der Waals surface area contributed by atoms with E-state index >= 15 is 0 Å². The molecule has 34 heavy (non-hydrogen) atoms. The van der Waals surface area contributed by atoms with E-state index < -0.39 is 5.54 Å². The minimum atomic E-state index is -1.21. The summed E-state index contributed by atoms with van der Waals surface area (Å²) >= 11 is 5.99. The normalized spacial score (nSPS) is 18.8. The monoisotopic (exact) mass is 474 g/mol. The van der Waals surface area contributed by atoms with Crippen LogP contribution in [0.4, 0.5) is 4.79 Å². The molecule has 7 heteroatoms. The summed E-state index contributed by atoms with van der Waals surface area (Å²) in [5.74, 6) is -0.238. The lowest BCUT2D eigenvalue weighted by atomic mass is 9.83. The Hall–Kier alpha value is -3.19. The molecule has 2 fully saturated rings. The van der Waals surface area contributed by atoms with Crippen LogP contribution in [0.3, 0.4) is 0 Å². The molecule has 2 heterocycles. The number of imide groups is 1. The first kappa shape index (κ1) is 22.6. The van der Waals surface area contributed by atoms with E-state index in [4.69, 9.17) is 11.6 Å². The summed E-state index contributed by atoms with van der Waals surface area (Å²) in [6, 6.07) is 26.5. The SMILES string of the molecule is O=C1NC(c2ccccc2)(c2ccccc2)C(=O)N1CN1CCN(Cc2ccc(Cl)cc2)CC1. The number of rotatable bonds is 6. The van der Waals surface area contributed by atoms with Crippen molar-refractivity contribution in [2.75, 3.05) is 32.8 Å². The van der Waals surface area contributed by atoms with Gasteiger partial charge >= 0.3 is 6.03 Å². The van der Waals surface area contributed by atoms with Gasteiger partial charge in [0.1, 0.15) is 0 Å². The summed E-state index contributed by atoms with van der Waals surface area (Å²) in [5.41, 5.74) is 1.53. The van der Waals surface area contributed by atoms with E-state index in [0.717, 1.165) is 48.9 Å². The average molecular weight is 475 g/mol. The van der Waals surface area contributed by atoms with Crippen LogP contribution in [0.2, 0.25) is 5.02 Å². The number of urea groups is 1. The highest BCUT2D eigenvalue weighted by atomic mass is 35.5. The summed E-state index contributed by atoms with van der Waals surface area (Å²) in [6.07, 6.45) is 0. The zero-order valence-electron chi connectivity index (χ0n) is 18.9. The number of nitrogens with one attached hydrogen (secondary N) is 1. The molecule has 0 bridgehead atoms. The second-order valence-electron chi connectivity index (χ2n) is 8.81. The van der Waals surface area contributed by atoms with Gasteiger partial charge in [-0.3, -0.25) is 14.6 Å². The van der Waals surface area contributed by atoms with Crippen molar-refractivity contribution >= 4 is 23.5 Å². The van der Waals surface area contributed by atoms with Crippen LogP contribution in [0.15, 0.2) is 84.9 Å². The molecular formula is C27H27ClN4O2. The first-order valence-electron chi connectivity index (χ1n) is 11.5. The van der Waals surface area contributed by atoms with Gasteiger partial charge in [0, 0.05) is 37.7 Å². The van der Waals surface area contributed by atoms with Crippen molar-refractivity contribution in [2.45, 2.75) is 12.1 Å². The lowest BCUT2D eigenvalue weighted by molar-refractivity contribution is -0.132. The van der Waals surface area contributed by atoms with Crippen molar-refractivity contribution in [3.05, 3.63) is 107 Å². The van der Waals surface area contributed by atoms with Gasteiger partial charge in [0.25, 0.3) is 5.91 Å². The standard InChI is InChI=1S/C27H27ClN4O2/c28-24-13-11-21(12-14-24)19-30-15-17-31(18-16-30)20-32-25(33)27(29-26(32)34,22-7-3-1-4-8-22)23-9-5-2-6-10-23/h1-14H,15-20H2,(H,29,34). The highest BCUT2D eigenvalue weighted by Gasteiger charge is 2.53. The maximum Gasteiger partial charge on any atom is 0.326 e. The number of amides is 3. The number of halogens is 1.